The van der Waals surface area contributed by atoms with E-state index in [-0.39, 0.29) is 0 Å². The normalized spacial score (nSPS) is 11.9. The van der Waals surface area contributed by atoms with Crippen molar-refractivity contribution >= 4 is 82.0 Å². The van der Waals surface area contributed by atoms with Gasteiger partial charge in [0.15, 0.2) is 0 Å². The zero-order valence-electron chi connectivity index (χ0n) is 22.1. The van der Waals surface area contributed by atoms with Gasteiger partial charge < -0.3 is 0 Å². The minimum absolute atomic E-state index is 0.867. The molecule has 0 aliphatic heterocycles. The average molecular weight is 522 g/mol. The number of aromatic nitrogens is 2. The lowest BCUT2D eigenvalue weighted by atomic mass is 9.89. The van der Waals surface area contributed by atoms with E-state index in [0.717, 1.165) is 38.9 Å². The van der Waals surface area contributed by atoms with Crippen molar-refractivity contribution in [1.29, 1.82) is 0 Å². The Balaban J connectivity index is 1.46. The van der Waals surface area contributed by atoms with Gasteiger partial charge in [0, 0.05) is 28.6 Å². The van der Waals surface area contributed by atoms with Gasteiger partial charge in [0.2, 0.25) is 0 Å². The number of hydrogen-bond donors (Lipinski definition) is 0. The third-order valence-corrected chi connectivity index (χ3v) is 8.47. The van der Waals surface area contributed by atoms with Crippen LogP contribution in [0.4, 0.5) is 17.3 Å². The quantitative estimate of drug-likeness (QED) is 0.171. The summed E-state index contributed by atoms with van der Waals surface area (Å²) in [7, 11) is 0. The largest absolute Gasteiger partial charge is 0.277 e. The molecule has 3 heteroatoms. The second-order valence-electron chi connectivity index (χ2n) is 10.6. The fraction of sp³-hybridized carbons (Fsp3) is 0. The minimum Gasteiger partial charge on any atom is -0.277 e. The van der Waals surface area contributed by atoms with E-state index >= 15 is 0 Å². The van der Waals surface area contributed by atoms with Crippen LogP contribution in [0.5, 0.6) is 0 Å². The van der Waals surface area contributed by atoms with Gasteiger partial charge in [-0.1, -0.05) is 109 Å². The molecule has 0 bridgehead atoms. The molecule has 0 atom stereocenters. The summed E-state index contributed by atoms with van der Waals surface area (Å²) in [6, 6.07) is 45.5. The Hall–Kier alpha value is -5.54. The van der Waals surface area contributed by atoms with E-state index < -0.39 is 0 Å². The predicted molar refractivity (Wildman–Crippen MR) is 173 cm³/mol. The van der Waals surface area contributed by atoms with E-state index in [1.165, 1.54) is 43.1 Å². The monoisotopic (exact) mass is 521 g/mol. The lowest BCUT2D eigenvalue weighted by molar-refractivity contribution is 1.16. The molecule has 0 saturated carbocycles. The van der Waals surface area contributed by atoms with Crippen molar-refractivity contribution in [3.8, 4) is 0 Å². The maximum Gasteiger partial charge on any atom is 0.146 e. The van der Waals surface area contributed by atoms with Crippen molar-refractivity contribution in [2.45, 2.75) is 0 Å². The molecule has 0 saturated heterocycles. The van der Waals surface area contributed by atoms with Crippen molar-refractivity contribution in [1.82, 2.24) is 9.97 Å². The summed E-state index contributed by atoms with van der Waals surface area (Å²) < 4.78 is 0. The van der Waals surface area contributed by atoms with Crippen LogP contribution in [0.3, 0.4) is 0 Å². The Kier molecular flexibility index (Phi) is 4.61. The second-order valence-corrected chi connectivity index (χ2v) is 10.6. The third kappa shape index (κ3) is 3.14. The summed E-state index contributed by atoms with van der Waals surface area (Å²) in [4.78, 5) is 12.3. The SMILES string of the molecule is c1ccc2c(N(c3nccc4ccccc34)c3ccc4c5cccc6cccc(c7cccc3c74)c65)nccc2c1. The average Bonchev–Trinajstić information content (AvgIpc) is 3.04. The number of anilines is 3. The van der Waals surface area contributed by atoms with Crippen LogP contribution >= 0.6 is 0 Å². The van der Waals surface area contributed by atoms with E-state index in [9.17, 15) is 0 Å². The van der Waals surface area contributed by atoms with Gasteiger partial charge in [-0.25, -0.2) is 9.97 Å². The van der Waals surface area contributed by atoms with Crippen LogP contribution in [0.1, 0.15) is 0 Å². The number of rotatable bonds is 3. The molecule has 9 rings (SSSR count). The maximum atomic E-state index is 5.01. The molecule has 0 fully saturated rings. The first kappa shape index (κ1) is 22.3. The zero-order chi connectivity index (χ0) is 26.9. The number of nitrogens with zero attached hydrogens (tertiary/aromatic N) is 3. The van der Waals surface area contributed by atoms with Crippen LogP contribution in [0.25, 0.3) is 64.6 Å². The summed E-state index contributed by atoms with van der Waals surface area (Å²) in [6.07, 6.45) is 3.80. The molecule has 2 heterocycles. The third-order valence-electron chi connectivity index (χ3n) is 8.47. The smallest absolute Gasteiger partial charge is 0.146 e. The van der Waals surface area contributed by atoms with Gasteiger partial charge in [0.05, 0.1) is 5.69 Å². The van der Waals surface area contributed by atoms with Crippen molar-refractivity contribution in [2.24, 2.45) is 0 Å². The van der Waals surface area contributed by atoms with Crippen LogP contribution in [-0.4, -0.2) is 9.97 Å². The summed E-state index contributed by atoms with van der Waals surface area (Å²) in [6.45, 7) is 0. The van der Waals surface area contributed by atoms with Crippen LogP contribution in [-0.2, 0) is 0 Å². The first-order valence-electron chi connectivity index (χ1n) is 13.9. The zero-order valence-corrected chi connectivity index (χ0v) is 22.1. The van der Waals surface area contributed by atoms with E-state index in [4.69, 9.17) is 9.97 Å². The summed E-state index contributed by atoms with van der Waals surface area (Å²) >= 11 is 0. The molecule has 0 radical (unpaired) electrons. The highest BCUT2D eigenvalue weighted by Crippen LogP contribution is 2.47. The van der Waals surface area contributed by atoms with Crippen molar-refractivity contribution < 1.29 is 0 Å². The molecule has 0 N–H and O–H groups in total. The highest BCUT2D eigenvalue weighted by atomic mass is 15.2. The molecule has 2 aromatic heterocycles. The highest BCUT2D eigenvalue weighted by Gasteiger charge is 2.23. The standard InChI is InChI=1S/C38H23N3/c1-3-12-27-24(8-1)20-22-39-37(27)41(38-28-13-4-2-9-25(28)21-23-40-38)34-19-18-32-30-15-6-11-26-10-5-14-29(35(26)30)31-16-7-17-33(34)36(31)32/h1-23H. The van der Waals surface area contributed by atoms with Crippen LogP contribution in [0.15, 0.2) is 140 Å². The Morgan fingerprint density at radius 3 is 1.44 bits per heavy atom. The van der Waals surface area contributed by atoms with Crippen LogP contribution < -0.4 is 4.90 Å². The number of benzene rings is 7. The van der Waals surface area contributed by atoms with Gasteiger partial charge in [0.1, 0.15) is 11.6 Å². The number of fused-ring (bicyclic) bond motifs is 4. The minimum atomic E-state index is 0.867. The number of pyridine rings is 2. The van der Waals surface area contributed by atoms with E-state index in [0.29, 0.717) is 0 Å². The van der Waals surface area contributed by atoms with Crippen molar-refractivity contribution in [3.63, 3.8) is 0 Å². The fourth-order valence-corrected chi connectivity index (χ4v) is 6.72. The predicted octanol–water partition coefficient (Wildman–Crippen LogP) is 10.3. The first-order valence-corrected chi connectivity index (χ1v) is 13.9. The van der Waals surface area contributed by atoms with E-state index in [1.807, 2.05) is 12.4 Å². The number of hydrogen-bond acceptors (Lipinski definition) is 3. The Morgan fingerprint density at radius 1 is 0.341 bits per heavy atom. The lowest BCUT2D eigenvalue weighted by Crippen LogP contribution is -2.14. The second kappa shape index (κ2) is 8.48. The van der Waals surface area contributed by atoms with E-state index in [1.54, 1.807) is 0 Å². The van der Waals surface area contributed by atoms with Gasteiger partial charge in [-0.3, -0.25) is 4.90 Å². The summed E-state index contributed by atoms with van der Waals surface area (Å²) in [5.74, 6) is 1.73. The van der Waals surface area contributed by atoms with Crippen molar-refractivity contribution in [3.05, 3.63) is 140 Å². The molecule has 0 aliphatic rings. The van der Waals surface area contributed by atoms with Crippen molar-refractivity contribution in [2.75, 3.05) is 4.90 Å². The molecule has 9 aromatic rings. The molecule has 0 unspecified atom stereocenters. The summed E-state index contributed by atoms with van der Waals surface area (Å²) in [5.41, 5.74) is 1.06. The molecule has 0 spiro atoms. The molecule has 0 amide bonds. The fourth-order valence-electron chi connectivity index (χ4n) is 6.72. The van der Waals surface area contributed by atoms with Gasteiger partial charge in [0.25, 0.3) is 0 Å². The molecular weight excluding hydrogens is 498 g/mol. The Labute approximate surface area is 236 Å². The van der Waals surface area contributed by atoms with Gasteiger partial charge >= 0.3 is 0 Å². The highest BCUT2D eigenvalue weighted by molar-refractivity contribution is 6.34. The van der Waals surface area contributed by atoms with Gasteiger partial charge in [-0.2, -0.15) is 0 Å². The van der Waals surface area contributed by atoms with E-state index in [2.05, 4.69) is 132 Å². The molecule has 0 aliphatic carbocycles. The molecule has 41 heavy (non-hydrogen) atoms. The molecular formula is C38H23N3. The molecule has 190 valence electrons. The van der Waals surface area contributed by atoms with Crippen LogP contribution in [0, 0.1) is 0 Å². The summed E-state index contributed by atoms with van der Waals surface area (Å²) in [5, 5.41) is 14.6. The van der Waals surface area contributed by atoms with Gasteiger partial charge in [-0.15, -0.1) is 0 Å². The Bertz CT molecular complexity index is 2300. The lowest BCUT2D eigenvalue weighted by Gasteiger charge is -2.27. The van der Waals surface area contributed by atoms with Crippen LogP contribution in [0.2, 0.25) is 0 Å². The molecule has 7 aromatic carbocycles. The Morgan fingerprint density at radius 2 is 0.805 bits per heavy atom. The molecule has 3 nitrogen and oxygen atoms in total. The maximum absolute atomic E-state index is 5.01. The topological polar surface area (TPSA) is 29.0 Å². The van der Waals surface area contributed by atoms with Gasteiger partial charge in [-0.05, 0) is 66.7 Å². The first-order chi connectivity index (χ1) is 20.4.